The SMILES string of the molecule is C=Cc1ccc(OCCOC)c(-c2cc(C=C)cc(-c3cc(OCCCCOC)ccc3C=C)c2OCCCOC)c1. The molecule has 0 radical (unpaired) electrons. The van der Waals surface area contributed by atoms with Gasteiger partial charge in [0.05, 0.1) is 19.8 Å². The van der Waals surface area contributed by atoms with Gasteiger partial charge in [-0.15, -0.1) is 0 Å². The van der Waals surface area contributed by atoms with E-state index in [1.54, 1.807) is 21.3 Å². The lowest BCUT2D eigenvalue weighted by molar-refractivity contribution is 0.146. The summed E-state index contributed by atoms with van der Waals surface area (Å²) in [5, 5.41) is 0. The molecule has 6 nitrogen and oxygen atoms in total. The third-order valence-corrected chi connectivity index (χ3v) is 6.71. The molecule has 42 heavy (non-hydrogen) atoms. The van der Waals surface area contributed by atoms with E-state index >= 15 is 0 Å². The van der Waals surface area contributed by atoms with Crippen LogP contribution >= 0.6 is 0 Å². The molecule has 3 aromatic carbocycles. The summed E-state index contributed by atoms with van der Waals surface area (Å²) in [6.07, 6.45) is 8.10. The molecule has 0 aliphatic carbocycles. The van der Waals surface area contributed by atoms with Gasteiger partial charge >= 0.3 is 0 Å². The lowest BCUT2D eigenvalue weighted by atomic mass is 9.91. The highest BCUT2D eigenvalue weighted by molar-refractivity contribution is 5.90. The predicted octanol–water partition coefficient (Wildman–Crippen LogP) is 8.20. The quantitative estimate of drug-likeness (QED) is 0.127. The number of unbranched alkanes of at least 4 members (excludes halogenated alkanes) is 1. The van der Waals surface area contributed by atoms with Crippen molar-refractivity contribution in [1.29, 1.82) is 0 Å². The fourth-order valence-corrected chi connectivity index (χ4v) is 4.52. The highest BCUT2D eigenvalue weighted by Crippen LogP contribution is 2.46. The molecule has 0 spiro atoms. The zero-order valence-electron chi connectivity index (χ0n) is 25.3. The molecular formula is C36H44O6. The minimum atomic E-state index is 0.416. The van der Waals surface area contributed by atoms with Gasteiger partial charge in [-0.05, 0) is 71.5 Å². The molecule has 0 saturated heterocycles. The Kier molecular flexibility index (Phi) is 13.9. The first-order chi connectivity index (χ1) is 20.6. The van der Waals surface area contributed by atoms with E-state index in [1.165, 1.54) is 0 Å². The number of hydrogen-bond acceptors (Lipinski definition) is 6. The molecule has 0 amide bonds. The van der Waals surface area contributed by atoms with Crippen molar-refractivity contribution < 1.29 is 28.4 Å². The summed E-state index contributed by atoms with van der Waals surface area (Å²) in [7, 11) is 5.06. The van der Waals surface area contributed by atoms with Crippen molar-refractivity contribution in [2.24, 2.45) is 0 Å². The van der Waals surface area contributed by atoms with Gasteiger partial charge in [0.25, 0.3) is 0 Å². The Balaban J connectivity index is 2.21. The number of benzene rings is 3. The topological polar surface area (TPSA) is 55.4 Å². The summed E-state index contributed by atoms with van der Waals surface area (Å²) in [6, 6.07) is 16.2. The van der Waals surface area contributed by atoms with Crippen molar-refractivity contribution in [1.82, 2.24) is 0 Å². The van der Waals surface area contributed by atoms with Crippen LogP contribution in [0.3, 0.4) is 0 Å². The largest absolute Gasteiger partial charge is 0.494 e. The number of ether oxygens (including phenoxy) is 6. The first-order valence-corrected chi connectivity index (χ1v) is 14.3. The molecule has 3 rings (SSSR count). The highest BCUT2D eigenvalue weighted by atomic mass is 16.5. The average Bonchev–Trinajstić information content (AvgIpc) is 3.03. The van der Waals surface area contributed by atoms with E-state index in [9.17, 15) is 0 Å². The van der Waals surface area contributed by atoms with Crippen molar-refractivity contribution in [3.05, 3.63) is 85.0 Å². The van der Waals surface area contributed by atoms with E-state index in [-0.39, 0.29) is 0 Å². The van der Waals surface area contributed by atoms with E-state index in [2.05, 4.69) is 44.0 Å². The average molecular weight is 573 g/mol. The molecule has 0 N–H and O–H groups in total. The van der Waals surface area contributed by atoms with Crippen LogP contribution in [0.1, 0.15) is 36.0 Å². The maximum absolute atomic E-state index is 6.59. The minimum absolute atomic E-state index is 0.416. The Labute approximate surface area is 251 Å². The summed E-state index contributed by atoms with van der Waals surface area (Å²) in [5.74, 6) is 2.24. The first kappa shape index (κ1) is 32.7. The molecular weight excluding hydrogens is 528 g/mol. The van der Waals surface area contributed by atoms with E-state index in [0.29, 0.717) is 33.0 Å². The van der Waals surface area contributed by atoms with Gasteiger partial charge in [0.1, 0.15) is 23.9 Å². The molecule has 0 aliphatic heterocycles. The van der Waals surface area contributed by atoms with Crippen LogP contribution in [0, 0.1) is 0 Å². The normalized spacial score (nSPS) is 10.7. The second-order valence-electron chi connectivity index (χ2n) is 9.65. The van der Waals surface area contributed by atoms with Crippen molar-refractivity contribution in [2.45, 2.75) is 19.3 Å². The third-order valence-electron chi connectivity index (χ3n) is 6.71. The lowest BCUT2D eigenvalue weighted by Gasteiger charge is -2.21. The standard InChI is InChI=1S/C36H44O6/c1-7-27-13-16-35(41-22-21-39-6)32(23-27)34-25-28(8-2)24-33(36(34)42-20-12-18-38-5)31-26-30(15-14-29(31)9-3)40-19-11-10-17-37-4/h7-9,13-16,23-26H,1-3,10-12,17-22H2,4-6H3. The van der Waals surface area contributed by atoms with Crippen LogP contribution in [0.4, 0.5) is 0 Å². The molecule has 0 aliphatic rings. The summed E-state index contributed by atoms with van der Waals surface area (Å²) < 4.78 is 34.6. The van der Waals surface area contributed by atoms with Gasteiger partial charge in [-0.2, -0.15) is 0 Å². The molecule has 0 heterocycles. The zero-order chi connectivity index (χ0) is 30.2. The van der Waals surface area contributed by atoms with Crippen molar-refractivity contribution in [2.75, 3.05) is 61.0 Å². The molecule has 3 aromatic rings. The van der Waals surface area contributed by atoms with Gasteiger partial charge in [0.2, 0.25) is 0 Å². The molecule has 0 bridgehead atoms. The second kappa shape index (κ2) is 17.9. The molecule has 0 unspecified atom stereocenters. The van der Waals surface area contributed by atoms with Gasteiger partial charge in [-0.3, -0.25) is 0 Å². The number of hydrogen-bond donors (Lipinski definition) is 0. The van der Waals surface area contributed by atoms with Crippen molar-refractivity contribution >= 4 is 18.2 Å². The second-order valence-corrected chi connectivity index (χ2v) is 9.65. The smallest absolute Gasteiger partial charge is 0.135 e. The van der Waals surface area contributed by atoms with Crippen molar-refractivity contribution in [3.63, 3.8) is 0 Å². The zero-order valence-corrected chi connectivity index (χ0v) is 25.3. The molecule has 0 aromatic heterocycles. The van der Waals surface area contributed by atoms with Gasteiger partial charge < -0.3 is 28.4 Å². The highest BCUT2D eigenvalue weighted by Gasteiger charge is 2.20. The van der Waals surface area contributed by atoms with Gasteiger partial charge in [0.15, 0.2) is 0 Å². The van der Waals surface area contributed by atoms with E-state index < -0.39 is 0 Å². The van der Waals surface area contributed by atoms with Crippen LogP contribution in [0.2, 0.25) is 0 Å². The fraction of sp³-hybridized carbons (Fsp3) is 0.333. The maximum atomic E-state index is 6.59. The Hall–Kier alpha value is -3.84. The first-order valence-electron chi connectivity index (χ1n) is 14.3. The van der Waals surface area contributed by atoms with Crippen molar-refractivity contribution in [3.8, 4) is 39.5 Å². The Morgan fingerprint density at radius 1 is 0.524 bits per heavy atom. The maximum Gasteiger partial charge on any atom is 0.135 e. The summed E-state index contributed by atoms with van der Waals surface area (Å²) in [5.41, 5.74) is 6.51. The summed E-state index contributed by atoms with van der Waals surface area (Å²) >= 11 is 0. The molecule has 6 heteroatoms. The summed E-state index contributed by atoms with van der Waals surface area (Å²) in [4.78, 5) is 0. The van der Waals surface area contributed by atoms with Gasteiger partial charge in [-0.1, -0.05) is 50.1 Å². The number of rotatable bonds is 20. The Bertz CT molecular complexity index is 1310. The van der Waals surface area contributed by atoms with Crippen LogP contribution in [0.5, 0.6) is 17.2 Å². The molecule has 224 valence electrons. The summed E-state index contributed by atoms with van der Waals surface area (Å²) in [6.45, 7) is 15.4. The number of methoxy groups -OCH3 is 3. The van der Waals surface area contributed by atoms with Crippen LogP contribution in [0.15, 0.2) is 68.3 Å². The molecule has 0 saturated carbocycles. The monoisotopic (exact) mass is 572 g/mol. The predicted molar refractivity (Wildman–Crippen MR) is 174 cm³/mol. The van der Waals surface area contributed by atoms with E-state index in [1.807, 2.05) is 42.5 Å². The fourth-order valence-electron chi connectivity index (χ4n) is 4.52. The minimum Gasteiger partial charge on any atom is -0.494 e. The Morgan fingerprint density at radius 3 is 1.86 bits per heavy atom. The third kappa shape index (κ3) is 9.08. The van der Waals surface area contributed by atoms with Crippen LogP contribution in [0.25, 0.3) is 40.5 Å². The van der Waals surface area contributed by atoms with Crippen LogP contribution < -0.4 is 14.2 Å². The van der Waals surface area contributed by atoms with E-state index in [0.717, 1.165) is 82.1 Å². The van der Waals surface area contributed by atoms with Crippen LogP contribution in [-0.2, 0) is 14.2 Å². The molecule has 0 atom stereocenters. The Morgan fingerprint density at radius 2 is 1.17 bits per heavy atom. The van der Waals surface area contributed by atoms with Gasteiger partial charge in [-0.25, -0.2) is 0 Å². The lowest BCUT2D eigenvalue weighted by Crippen LogP contribution is -2.07. The van der Waals surface area contributed by atoms with Crippen LogP contribution in [-0.4, -0.2) is 61.0 Å². The van der Waals surface area contributed by atoms with E-state index in [4.69, 9.17) is 28.4 Å². The molecule has 0 fully saturated rings. The van der Waals surface area contributed by atoms with Gasteiger partial charge in [0, 0.05) is 57.7 Å².